The van der Waals surface area contributed by atoms with Crippen LogP contribution >= 0.6 is 0 Å². The molecule has 0 aliphatic carbocycles. The summed E-state index contributed by atoms with van der Waals surface area (Å²) in [5.74, 6) is -0.434. The number of anilines is 1. The second kappa shape index (κ2) is 9.23. The minimum atomic E-state index is -0.963. The molecule has 0 radical (unpaired) electrons. The van der Waals surface area contributed by atoms with Gasteiger partial charge in [-0.3, -0.25) is 5.43 Å². The third kappa shape index (κ3) is 4.44. The topological polar surface area (TPSA) is 105 Å². The molecule has 0 aliphatic heterocycles. The van der Waals surface area contributed by atoms with Gasteiger partial charge in [-0.2, -0.15) is 10.2 Å². The Kier molecular flexibility index (Phi) is 6.26. The Bertz CT molecular complexity index is 1120. The van der Waals surface area contributed by atoms with Gasteiger partial charge in [0, 0.05) is 0 Å². The first-order valence-electron chi connectivity index (χ1n) is 9.09. The van der Waals surface area contributed by atoms with E-state index in [4.69, 9.17) is 5.11 Å². The Hall–Kier alpha value is -4.07. The molecule has 29 heavy (non-hydrogen) atoms. The molecule has 0 aliphatic rings. The zero-order valence-electron chi connectivity index (χ0n) is 16.0. The van der Waals surface area contributed by atoms with Gasteiger partial charge in [0.25, 0.3) is 0 Å². The molecule has 8 nitrogen and oxygen atoms in total. The summed E-state index contributed by atoms with van der Waals surface area (Å²) in [6, 6.07) is 16.1. The van der Waals surface area contributed by atoms with Gasteiger partial charge in [-0.25, -0.2) is 19.4 Å². The number of benzene rings is 2. The van der Waals surface area contributed by atoms with Crippen molar-refractivity contribution in [3.63, 3.8) is 0 Å². The fourth-order valence-electron chi connectivity index (χ4n) is 2.57. The highest BCUT2D eigenvalue weighted by Gasteiger charge is 2.10. The van der Waals surface area contributed by atoms with Crippen LogP contribution in [0.3, 0.4) is 0 Å². The van der Waals surface area contributed by atoms with E-state index in [0.29, 0.717) is 11.5 Å². The van der Waals surface area contributed by atoms with E-state index in [9.17, 15) is 4.79 Å². The number of nitrogens with zero attached hydrogens (tertiary/aromatic N) is 5. The van der Waals surface area contributed by atoms with E-state index < -0.39 is 5.97 Å². The van der Waals surface area contributed by atoms with Crippen molar-refractivity contribution in [2.24, 2.45) is 5.10 Å². The summed E-state index contributed by atoms with van der Waals surface area (Å²) in [6.07, 6.45) is 4.71. The Labute approximate surface area is 167 Å². The van der Waals surface area contributed by atoms with E-state index in [1.165, 1.54) is 18.5 Å². The molecule has 2 heterocycles. The smallest absolute Gasteiger partial charge is 0.335 e. The summed E-state index contributed by atoms with van der Waals surface area (Å²) in [5, 5.41) is 18.2. The molecule has 0 fully saturated rings. The molecule has 0 saturated carbocycles. The fourth-order valence-corrected chi connectivity index (χ4v) is 2.57. The largest absolute Gasteiger partial charge is 0.478 e. The second-order valence-electron chi connectivity index (χ2n) is 5.65. The number of para-hydroxylation sites is 1. The SMILES string of the molecule is CC.O=C(O)c1ccc(/C=N/Nc2ncnc3c2cnn3-c2ccccc2)cc1. The van der Waals surface area contributed by atoms with Gasteiger partial charge < -0.3 is 5.11 Å². The van der Waals surface area contributed by atoms with Crippen molar-refractivity contribution in [2.75, 3.05) is 5.43 Å². The van der Waals surface area contributed by atoms with E-state index in [1.54, 1.807) is 29.2 Å². The summed E-state index contributed by atoms with van der Waals surface area (Å²) in [6.45, 7) is 4.00. The molecule has 0 bridgehead atoms. The molecule has 146 valence electrons. The number of aromatic carboxylic acids is 1. The lowest BCUT2D eigenvalue weighted by Gasteiger charge is -2.03. The zero-order valence-corrected chi connectivity index (χ0v) is 16.0. The van der Waals surface area contributed by atoms with Crippen molar-refractivity contribution in [3.05, 3.63) is 78.2 Å². The number of fused-ring (bicyclic) bond motifs is 1. The van der Waals surface area contributed by atoms with Crippen LogP contribution in [0.1, 0.15) is 29.8 Å². The lowest BCUT2D eigenvalue weighted by molar-refractivity contribution is 0.0697. The van der Waals surface area contributed by atoms with Gasteiger partial charge in [0.1, 0.15) is 6.33 Å². The van der Waals surface area contributed by atoms with Gasteiger partial charge >= 0.3 is 5.97 Å². The number of nitrogens with one attached hydrogen (secondary N) is 1. The molecule has 0 unspecified atom stereocenters. The quantitative estimate of drug-likeness (QED) is 0.396. The molecule has 8 heteroatoms. The number of carboxylic acid groups (broad SMARTS) is 1. The van der Waals surface area contributed by atoms with Crippen LogP contribution in [0.15, 0.2) is 72.2 Å². The van der Waals surface area contributed by atoms with Crippen molar-refractivity contribution in [1.82, 2.24) is 19.7 Å². The Morgan fingerprint density at radius 3 is 2.48 bits per heavy atom. The van der Waals surface area contributed by atoms with Crippen LogP contribution in [0.2, 0.25) is 0 Å². The maximum Gasteiger partial charge on any atom is 0.335 e. The first-order valence-corrected chi connectivity index (χ1v) is 9.09. The predicted octanol–water partition coefficient (Wildman–Crippen LogP) is 3.99. The second-order valence-corrected chi connectivity index (χ2v) is 5.65. The number of carbonyl (C=O) groups is 1. The molecule has 4 aromatic rings. The third-order valence-electron chi connectivity index (χ3n) is 3.91. The molecule has 0 spiro atoms. The maximum atomic E-state index is 10.9. The first-order chi connectivity index (χ1) is 14.2. The van der Waals surface area contributed by atoms with Crippen LogP contribution in [-0.4, -0.2) is 37.0 Å². The molecule has 0 atom stereocenters. The molecule has 0 amide bonds. The fraction of sp³-hybridized carbons (Fsp3) is 0.0952. The number of rotatable bonds is 5. The van der Waals surface area contributed by atoms with E-state index in [-0.39, 0.29) is 5.56 Å². The molecule has 2 N–H and O–H groups in total. The van der Waals surface area contributed by atoms with Gasteiger partial charge in [-0.05, 0) is 29.8 Å². The van der Waals surface area contributed by atoms with E-state index in [2.05, 4.69) is 25.6 Å². The van der Waals surface area contributed by atoms with Crippen molar-refractivity contribution in [1.29, 1.82) is 0 Å². The average Bonchev–Trinajstić information content (AvgIpc) is 3.21. The molecule has 4 rings (SSSR count). The van der Waals surface area contributed by atoms with Crippen LogP contribution in [0, 0.1) is 0 Å². The number of carboxylic acids is 1. The normalized spacial score (nSPS) is 10.6. The summed E-state index contributed by atoms with van der Waals surface area (Å²) >= 11 is 0. The summed E-state index contributed by atoms with van der Waals surface area (Å²) in [7, 11) is 0. The van der Waals surface area contributed by atoms with Crippen LogP contribution in [0.25, 0.3) is 16.7 Å². The lowest BCUT2D eigenvalue weighted by Crippen LogP contribution is -1.99. The summed E-state index contributed by atoms with van der Waals surface area (Å²) in [5.41, 5.74) is 5.44. The van der Waals surface area contributed by atoms with Gasteiger partial charge in [-0.1, -0.05) is 44.2 Å². The van der Waals surface area contributed by atoms with E-state index in [1.807, 2.05) is 44.2 Å². The summed E-state index contributed by atoms with van der Waals surface area (Å²) in [4.78, 5) is 19.4. The Balaban J connectivity index is 0.00000117. The standard InChI is InChI=1S/C19H14N6O2.C2H6/c26-19(27)14-8-6-13(7-9-14)10-22-24-17-16-11-23-25(18(16)21-12-20-17)15-4-2-1-3-5-15;1-2/h1-12H,(H,26,27)(H,20,21,24);1-2H3/b22-10+;. The number of hydrogen-bond donors (Lipinski definition) is 2. The minimum Gasteiger partial charge on any atom is -0.478 e. The van der Waals surface area contributed by atoms with Crippen LogP contribution in [-0.2, 0) is 0 Å². The van der Waals surface area contributed by atoms with Gasteiger partial charge in [0.2, 0.25) is 0 Å². The van der Waals surface area contributed by atoms with Crippen LogP contribution in [0.4, 0.5) is 5.82 Å². The number of hydrogen-bond acceptors (Lipinski definition) is 6. The Morgan fingerprint density at radius 2 is 1.79 bits per heavy atom. The number of hydrazone groups is 1. The molecule has 0 saturated heterocycles. The van der Waals surface area contributed by atoms with Crippen molar-refractivity contribution in [2.45, 2.75) is 13.8 Å². The first kappa shape index (κ1) is 19.7. The monoisotopic (exact) mass is 388 g/mol. The van der Waals surface area contributed by atoms with Crippen LogP contribution < -0.4 is 5.43 Å². The van der Waals surface area contributed by atoms with Gasteiger partial charge in [0.15, 0.2) is 11.5 Å². The maximum absolute atomic E-state index is 10.9. The minimum absolute atomic E-state index is 0.228. The third-order valence-corrected chi connectivity index (χ3v) is 3.91. The van der Waals surface area contributed by atoms with E-state index >= 15 is 0 Å². The molecular weight excluding hydrogens is 368 g/mol. The van der Waals surface area contributed by atoms with Crippen molar-refractivity contribution >= 4 is 29.0 Å². The molecule has 2 aromatic heterocycles. The highest BCUT2D eigenvalue weighted by Crippen LogP contribution is 2.21. The van der Waals surface area contributed by atoms with Crippen molar-refractivity contribution < 1.29 is 9.90 Å². The Morgan fingerprint density at radius 1 is 1.07 bits per heavy atom. The average molecular weight is 388 g/mol. The molecule has 2 aromatic carbocycles. The predicted molar refractivity (Wildman–Crippen MR) is 113 cm³/mol. The van der Waals surface area contributed by atoms with Crippen molar-refractivity contribution in [3.8, 4) is 5.69 Å². The number of aromatic nitrogens is 4. The van der Waals surface area contributed by atoms with Gasteiger partial charge in [0.05, 0.1) is 29.0 Å². The highest BCUT2D eigenvalue weighted by atomic mass is 16.4. The molecular formula is C21H20N6O2. The highest BCUT2D eigenvalue weighted by molar-refractivity contribution is 5.90. The van der Waals surface area contributed by atoms with E-state index in [0.717, 1.165) is 16.6 Å². The van der Waals surface area contributed by atoms with Gasteiger partial charge in [-0.15, -0.1) is 0 Å². The zero-order chi connectivity index (χ0) is 20.6. The lowest BCUT2D eigenvalue weighted by atomic mass is 10.1. The van der Waals surface area contributed by atoms with Crippen LogP contribution in [0.5, 0.6) is 0 Å². The summed E-state index contributed by atoms with van der Waals surface area (Å²) < 4.78 is 1.73.